The highest BCUT2D eigenvalue weighted by Crippen LogP contribution is 2.66. The average molecular weight is 708 g/mol. The van der Waals surface area contributed by atoms with Crippen LogP contribution in [0.25, 0.3) is 0 Å². The molecule has 0 bridgehead atoms. The summed E-state index contributed by atoms with van der Waals surface area (Å²) in [6.07, 6.45) is 0.216. The van der Waals surface area contributed by atoms with Crippen molar-refractivity contribution < 1.29 is 18.5 Å². The van der Waals surface area contributed by atoms with Gasteiger partial charge in [-0.3, -0.25) is 0 Å². The van der Waals surface area contributed by atoms with Crippen LogP contribution in [0.15, 0.2) is 72.8 Å². The van der Waals surface area contributed by atoms with Crippen LogP contribution in [0.5, 0.6) is 0 Å². The van der Waals surface area contributed by atoms with Crippen LogP contribution in [0.1, 0.15) is 107 Å². The maximum atomic E-state index is 7.91. The lowest BCUT2D eigenvalue weighted by molar-refractivity contribution is -0.202. The maximum absolute atomic E-state index is 7.91. The molecule has 0 saturated carbocycles. The predicted octanol–water partition coefficient (Wildman–Crippen LogP) is 11.3. The van der Waals surface area contributed by atoms with Crippen LogP contribution in [-0.2, 0) is 29.7 Å². The maximum Gasteiger partial charge on any atom is 0.261 e. The quantitative estimate of drug-likeness (QED) is 0.162. The third kappa shape index (κ3) is 6.76. The second-order valence-electron chi connectivity index (χ2n) is 15.2. The number of fused-ring (bicyclic) bond motifs is 1. The van der Waals surface area contributed by atoms with Gasteiger partial charge in [-0.25, -0.2) is 4.67 Å². The second-order valence-corrected chi connectivity index (χ2v) is 16.6. The van der Waals surface area contributed by atoms with Crippen molar-refractivity contribution in [3.63, 3.8) is 0 Å². The molecule has 4 aromatic rings. The zero-order valence-corrected chi connectivity index (χ0v) is 33.8. The van der Waals surface area contributed by atoms with Gasteiger partial charge in [0, 0.05) is 13.1 Å². The van der Waals surface area contributed by atoms with Crippen molar-refractivity contribution in [2.45, 2.75) is 125 Å². The van der Waals surface area contributed by atoms with E-state index < -0.39 is 37.7 Å². The Kier molecular flexibility index (Phi) is 10.8. The Labute approximate surface area is 308 Å². The van der Waals surface area contributed by atoms with Gasteiger partial charge < -0.3 is 18.5 Å². The molecule has 0 aliphatic carbocycles. The molecule has 0 spiro atoms. The summed E-state index contributed by atoms with van der Waals surface area (Å²) < 4.78 is 33.4. The lowest BCUT2D eigenvalue weighted by Crippen LogP contribution is -2.53. The summed E-state index contributed by atoms with van der Waals surface area (Å²) in [5.74, 6) is -0.844. The third-order valence-corrected chi connectivity index (χ3v) is 12.8. The van der Waals surface area contributed by atoms with Gasteiger partial charge in [-0.15, -0.1) is 0 Å². The molecule has 2 aliphatic rings. The zero-order valence-electron chi connectivity index (χ0n) is 32.9. The lowest BCUT2D eigenvalue weighted by Gasteiger charge is -2.42. The molecule has 6 heteroatoms. The predicted molar refractivity (Wildman–Crippen MR) is 210 cm³/mol. The van der Waals surface area contributed by atoms with Crippen LogP contribution in [0.3, 0.4) is 0 Å². The number of ether oxygens (including phenoxy) is 2. The fourth-order valence-electron chi connectivity index (χ4n) is 8.69. The van der Waals surface area contributed by atoms with Crippen LogP contribution >= 0.6 is 8.53 Å². The fraction of sp³-hybridized carbons (Fsp3) is 0.467. The first-order valence-electron chi connectivity index (χ1n) is 18.9. The minimum atomic E-state index is -1.70. The van der Waals surface area contributed by atoms with E-state index in [4.69, 9.17) is 18.5 Å². The molecule has 272 valence electrons. The SMILES string of the molecule is CCN(CC)P1OC(c2cc(C)cc(C)c2)(c2cc(C)cc(C)c2)[C@@H]2OC(CC)(CC)O[C@H]2C(c2cc(C)cc(C)c2)(c2cc(C)cc(C)c2)O1. The van der Waals surface area contributed by atoms with Crippen molar-refractivity contribution >= 4 is 8.53 Å². The van der Waals surface area contributed by atoms with Gasteiger partial charge >= 0.3 is 0 Å². The van der Waals surface area contributed by atoms with Crippen molar-refractivity contribution in [3.8, 4) is 0 Å². The van der Waals surface area contributed by atoms with Crippen molar-refractivity contribution in [2.75, 3.05) is 13.1 Å². The van der Waals surface area contributed by atoms with Crippen molar-refractivity contribution in [1.82, 2.24) is 4.67 Å². The fourth-order valence-corrected chi connectivity index (χ4v) is 10.5. The second kappa shape index (κ2) is 14.5. The van der Waals surface area contributed by atoms with Gasteiger partial charge in [0.25, 0.3) is 8.53 Å². The molecule has 2 fully saturated rings. The van der Waals surface area contributed by atoms with E-state index in [1.807, 2.05) is 0 Å². The first kappa shape index (κ1) is 37.9. The van der Waals surface area contributed by atoms with Crippen LogP contribution in [0.2, 0.25) is 0 Å². The van der Waals surface area contributed by atoms with E-state index in [-0.39, 0.29) is 0 Å². The summed E-state index contributed by atoms with van der Waals surface area (Å²) >= 11 is 0. The lowest BCUT2D eigenvalue weighted by atomic mass is 9.70. The molecule has 0 radical (unpaired) electrons. The highest BCUT2D eigenvalue weighted by molar-refractivity contribution is 7.44. The highest BCUT2D eigenvalue weighted by atomic mass is 31.2. The molecule has 0 N–H and O–H groups in total. The van der Waals surface area contributed by atoms with Crippen LogP contribution in [0.4, 0.5) is 0 Å². The van der Waals surface area contributed by atoms with Crippen molar-refractivity contribution in [2.24, 2.45) is 0 Å². The Hall–Kier alpha value is -2.89. The molecule has 2 atom stereocenters. The van der Waals surface area contributed by atoms with Gasteiger partial charge in [-0.1, -0.05) is 145 Å². The molecular weight excluding hydrogens is 649 g/mol. The molecule has 2 heterocycles. The number of hydrogen-bond donors (Lipinski definition) is 0. The van der Waals surface area contributed by atoms with Gasteiger partial charge in [-0.05, 0) is 90.5 Å². The Bertz CT molecular complexity index is 1580. The summed E-state index contributed by atoms with van der Waals surface area (Å²) in [7, 11) is -1.70. The molecule has 0 unspecified atom stereocenters. The van der Waals surface area contributed by atoms with E-state index in [1.54, 1.807) is 0 Å². The van der Waals surface area contributed by atoms with Crippen molar-refractivity contribution in [3.05, 3.63) is 140 Å². The van der Waals surface area contributed by atoms with Crippen LogP contribution in [0, 0.1) is 55.4 Å². The molecule has 6 rings (SSSR count). The number of hydrogen-bond acceptors (Lipinski definition) is 5. The molecule has 2 saturated heterocycles. The van der Waals surface area contributed by atoms with E-state index in [0.29, 0.717) is 12.8 Å². The normalized spacial score (nSPS) is 21.1. The zero-order chi connectivity index (χ0) is 36.9. The van der Waals surface area contributed by atoms with E-state index in [9.17, 15) is 0 Å². The van der Waals surface area contributed by atoms with E-state index in [0.717, 1.165) is 35.3 Å². The molecular formula is C45H58NO4P. The Morgan fingerprint density at radius 1 is 0.451 bits per heavy atom. The molecule has 51 heavy (non-hydrogen) atoms. The molecule has 0 aromatic heterocycles. The van der Waals surface area contributed by atoms with Gasteiger partial charge in [0.15, 0.2) is 17.0 Å². The number of benzene rings is 4. The Morgan fingerprint density at radius 3 is 0.922 bits per heavy atom. The Morgan fingerprint density at radius 2 is 0.706 bits per heavy atom. The molecule has 5 nitrogen and oxygen atoms in total. The summed E-state index contributed by atoms with van der Waals surface area (Å²) in [6, 6.07) is 27.3. The summed E-state index contributed by atoms with van der Waals surface area (Å²) in [4.78, 5) is 0. The minimum Gasteiger partial charge on any atom is -0.340 e. The number of aryl methyl sites for hydroxylation is 8. The van der Waals surface area contributed by atoms with Gasteiger partial charge in [-0.2, -0.15) is 0 Å². The van der Waals surface area contributed by atoms with Crippen LogP contribution in [-0.4, -0.2) is 35.8 Å². The summed E-state index contributed by atoms with van der Waals surface area (Å²) in [6.45, 7) is 27.6. The Balaban J connectivity index is 1.84. The standard InChI is InChI=1S/C45H58NO4P/c1-13-43(14-2)47-41-42(48-43)45(39-25-33(9)19-34(10)26-39,40-27-35(11)20-36(12)28-40)50-51(46(15-3)16-4)49-44(41,37-21-29(5)17-30(6)22-37)38-23-31(7)18-32(8)24-38/h17-28,41-42H,13-16H2,1-12H3/t41-,42-/m1/s1. The van der Waals surface area contributed by atoms with Gasteiger partial charge in [0.05, 0.1) is 0 Å². The highest BCUT2D eigenvalue weighted by Gasteiger charge is 2.68. The molecule has 0 amide bonds. The first-order chi connectivity index (χ1) is 24.2. The molecule has 4 aromatic carbocycles. The smallest absolute Gasteiger partial charge is 0.261 e. The van der Waals surface area contributed by atoms with Crippen LogP contribution < -0.4 is 0 Å². The van der Waals surface area contributed by atoms with Crippen molar-refractivity contribution in [1.29, 1.82) is 0 Å². The minimum absolute atomic E-state index is 0.579. The summed E-state index contributed by atoms with van der Waals surface area (Å²) in [5, 5.41) is 0. The summed E-state index contributed by atoms with van der Waals surface area (Å²) in [5.41, 5.74) is 11.5. The first-order valence-corrected chi connectivity index (χ1v) is 20.0. The number of nitrogens with zero attached hydrogens (tertiary/aromatic N) is 1. The largest absolute Gasteiger partial charge is 0.340 e. The van der Waals surface area contributed by atoms with Gasteiger partial charge in [0.1, 0.15) is 12.2 Å². The van der Waals surface area contributed by atoms with E-state index in [2.05, 4.69) is 161 Å². The number of rotatable bonds is 9. The van der Waals surface area contributed by atoms with E-state index in [1.165, 1.54) is 44.5 Å². The monoisotopic (exact) mass is 707 g/mol. The third-order valence-electron chi connectivity index (χ3n) is 10.8. The van der Waals surface area contributed by atoms with Gasteiger partial charge in [0.2, 0.25) is 0 Å². The average Bonchev–Trinajstić information content (AvgIpc) is 3.40. The molecule has 2 aliphatic heterocycles. The van der Waals surface area contributed by atoms with E-state index >= 15 is 0 Å². The topological polar surface area (TPSA) is 40.2 Å².